The zero-order chi connectivity index (χ0) is 9.14. The largest absolute Gasteiger partial charge is 1.00 e. The fourth-order valence-corrected chi connectivity index (χ4v) is 1.83. The van der Waals surface area contributed by atoms with Gasteiger partial charge in [-0.05, 0) is 5.88 Å². The molecule has 0 spiro atoms. The number of thioether (sulfide) groups is 1. The Morgan fingerprint density at radius 2 is 2.58 bits per heavy atom. The fraction of sp³-hybridized carbons (Fsp3) is 0.571. The summed E-state index contributed by atoms with van der Waals surface area (Å²) in [7, 11) is 1.49. The maximum absolute atomic E-state index is 11.2. The van der Waals surface area contributed by atoms with Crippen molar-refractivity contribution >= 4 is 17.7 Å². The van der Waals surface area contributed by atoms with Gasteiger partial charge in [0.15, 0.2) is 0 Å². The molecule has 1 atom stereocenters. The highest BCUT2D eigenvalue weighted by molar-refractivity contribution is 8.00. The number of nitrogens with zero attached hydrogens (tertiary/aromatic N) is 1. The summed E-state index contributed by atoms with van der Waals surface area (Å²) in [6.07, 6.45) is 1.43. The van der Waals surface area contributed by atoms with Crippen molar-refractivity contribution in [1.82, 2.24) is 4.90 Å². The summed E-state index contributed by atoms with van der Waals surface area (Å²) in [5, 5.41) is 10.6. The number of hydrogen-bond donors (Lipinski definition) is 1. The van der Waals surface area contributed by atoms with Crippen molar-refractivity contribution in [3.05, 3.63) is 12.0 Å². The van der Waals surface area contributed by atoms with Crippen molar-refractivity contribution in [3.8, 4) is 0 Å². The third-order valence-electron chi connectivity index (χ3n) is 1.61. The monoisotopic (exact) mass is 188 g/mol. The lowest BCUT2D eigenvalue weighted by molar-refractivity contribution is -0.325. The second-order valence-corrected chi connectivity index (χ2v) is 3.73. The van der Waals surface area contributed by atoms with Crippen molar-refractivity contribution in [2.45, 2.75) is 5.25 Å². The molecule has 0 aliphatic carbocycles. The van der Waals surface area contributed by atoms with E-state index in [1.165, 1.54) is 24.9 Å². The van der Waals surface area contributed by atoms with Crippen LogP contribution in [-0.2, 0) is 4.79 Å². The Balaban J connectivity index is 0.00000144. The van der Waals surface area contributed by atoms with Crippen LogP contribution >= 0.6 is 11.8 Å². The molecule has 12 heavy (non-hydrogen) atoms. The summed E-state index contributed by atoms with van der Waals surface area (Å²) in [5.41, 5.74) is 5.28. The molecule has 4 nitrogen and oxygen atoms in total. The summed E-state index contributed by atoms with van der Waals surface area (Å²) in [5.74, 6) is 0.349. The molecule has 1 aliphatic rings. The molecule has 1 unspecified atom stereocenters. The summed E-state index contributed by atoms with van der Waals surface area (Å²) in [4.78, 5) is 12.4. The predicted molar refractivity (Wildman–Crippen MR) is 47.3 cm³/mol. The Bertz CT molecular complexity index is 223. The summed E-state index contributed by atoms with van der Waals surface area (Å²) in [6.45, 7) is 0.528. The molecule has 1 amide bonds. The van der Waals surface area contributed by atoms with Crippen LogP contribution in [0.3, 0.4) is 0 Å². The van der Waals surface area contributed by atoms with E-state index in [1.807, 2.05) is 0 Å². The van der Waals surface area contributed by atoms with Gasteiger partial charge in [-0.2, -0.15) is 0 Å². The zero-order valence-corrected chi connectivity index (χ0v) is 7.63. The quantitative estimate of drug-likeness (QED) is 0.606. The second kappa shape index (κ2) is 3.82. The highest BCUT2D eigenvalue weighted by Crippen LogP contribution is 2.21. The zero-order valence-electron chi connectivity index (χ0n) is 7.82. The molecule has 1 rings (SSSR count). The normalized spacial score (nSPS) is 23.2. The minimum Gasteiger partial charge on any atom is -0.860 e. The van der Waals surface area contributed by atoms with Crippen LogP contribution in [0.2, 0.25) is 0 Å². The van der Waals surface area contributed by atoms with E-state index >= 15 is 0 Å². The van der Waals surface area contributed by atoms with Gasteiger partial charge in [0.05, 0.1) is 0 Å². The molecule has 0 fully saturated rings. The summed E-state index contributed by atoms with van der Waals surface area (Å²) < 4.78 is 0. The molecule has 0 saturated carbocycles. The summed E-state index contributed by atoms with van der Waals surface area (Å²) in [6, 6.07) is 0. The standard InChI is InChI=1S/C7H12N2O2S/c1-9-6(10)4-5(7(9)11)12-3-2-8/h4-5,10H,2-3,8H2,1H3. The Morgan fingerprint density at radius 1 is 1.92 bits per heavy atom. The van der Waals surface area contributed by atoms with E-state index in [1.54, 1.807) is 0 Å². The van der Waals surface area contributed by atoms with Gasteiger partial charge in [-0.15, -0.1) is 11.8 Å². The van der Waals surface area contributed by atoms with Crippen LogP contribution in [0.1, 0.15) is 1.43 Å². The van der Waals surface area contributed by atoms with Gasteiger partial charge in [0.25, 0.3) is 0 Å². The molecule has 0 saturated heterocycles. The molecular weight excluding hydrogens is 176 g/mol. The third kappa shape index (κ3) is 1.73. The van der Waals surface area contributed by atoms with Gasteiger partial charge >= 0.3 is 1.43 Å². The molecule has 0 aromatic rings. The van der Waals surface area contributed by atoms with Gasteiger partial charge in [0, 0.05) is 19.3 Å². The minimum atomic E-state index is -0.314. The van der Waals surface area contributed by atoms with Crippen molar-refractivity contribution in [2.24, 2.45) is 5.73 Å². The van der Waals surface area contributed by atoms with Gasteiger partial charge in [0.2, 0.25) is 5.91 Å². The highest BCUT2D eigenvalue weighted by atomic mass is 32.2. The average molecular weight is 188 g/mol. The van der Waals surface area contributed by atoms with Gasteiger partial charge in [-0.25, -0.2) is 0 Å². The van der Waals surface area contributed by atoms with Crippen LogP contribution in [0.4, 0.5) is 0 Å². The molecule has 5 heteroatoms. The van der Waals surface area contributed by atoms with Crippen molar-refractivity contribution in [3.63, 3.8) is 0 Å². The van der Waals surface area contributed by atoms with E-state index in [0.717, 1.165) is 4.90 Å². The van der Waals surface area contributed by atoms with Gasteiger partial charge in [-0.3, -0.25) is 4.79 Å². The van der Waals surface area contributed by atoms with E-state index < -0.39 is 0 Å². The molecule has 1 aliphatic heterocycles. The van der Waals surface area contributed by atoms with Crippen molar-refractivity contribution in [1.29, 1.82) is 0 Å². The highest BCUT2D eigenvalue weighted by Gasteiger charge is 2.25. The SMILES string of the molecule is CN1C(=O)C(SCCN)C=C1[O-].[H+]. The second-order valence-electron chi connectivity index (χ2n) is 2.48. The van der Waals surface area contributed by atoms with Crippen LogP contribution in [0.5, 0.6) is 0 Å². The fourth-order valence-electron chi connectivity index (χ4n) is 0.926. The van der Waals surface area contributed by atoms with Crippen LogP contribution in [-0.4, -0.2) is 35.4 Å². The number of carbonyl (C=O) groups is 1. The van der Waals surface area contributed by atoms with Crippen molar-refractivity contribution < 1.29 is 11.3 Å². The first-order chi connectivity index (χ1) is 5.66. The van der Waals surface area contributed by atoms with Crippen LogP contribution < -0.4 is 10.8 Å². The van der Waals surface area contributed by atoms with Gasteiger partial charge in [-0.1, -0.05) is 6.08 Å². The molecule has 0 radical (unpaired) electrons. The maximum atomic E-state index is 11.2. The predicted octanol–water partition coefficient (Wildman–Crippen LogP) is -1.17. The van der Waals surface area contributed by atoms with Crippen molar-refractivity contribution in [2.75, 3.05) is 19.3 Å². The minimum absolute atomic E-state index is 0. The van der Waals surface area contributed by atoms with E-state index in [2.05, 4.69) is 0 Å². The molecule has 0 aromatic carbocycles. The average Bonchev–Trinajstić information content (AvgIpc) is 2.30. The Labute approximate surface area is 76.9 Å². The lowest BCUT2D eigenvalue weighted by Gasteiger charge is -2.18. The molecule has 0 aromatic heterocycles. The van der Waals surface area contributed by atoms with Gasteiger partial charge in [0.1, 0.15) is 5.25 Å². The van der Waals surface area contributed by atoms with Crippen LogP contribution in [0.15, 0.2) is 12.0 Å². The molecule has 1 heterocycles. The molecule has 2 N–H and O–H groups in total. The topological polar surface area (TPSA) is 69.4 Å². The smallest absolute Gasteiger partial charge is 0.860 e. The molecular formula is C7H12N2O2S. The number of amides is 1. The Hall–Kier alpha value is -0.680. The molecule has 68 valence electrons. The van der Waals surface area contributed by atoms with E-state index in [4.69, 9.17) is 5.73 Å². The first-order valence-corrected chi connectivity index (χ1v) is 4.69. The number of nitrogens with two attached hydrogens (primary N) is 1. The van der Waals surface area contributed by atoms with E-state index in [0.29, 0.717) is 12.3 Å². The Morgan fingerprint density at radius 3 is 3.00 bits per heavy atom. The number of rotatable bonds is 3. The lowest BCUT2D eigenvalue weighted by Crippen LogP contribution is -2.30. The van der Waals surface area contributed by atoms with Gasteiger partial charge < -0.3 is 15.7 Å². The van der Waals surface area contributed by atoms with E-state index in [-0.39, 0.29) is 18.5 Å². The first kappa shape index (κ1) is 9.41. The van der Waals surface area contributed by atoms with E-state index in [9.17, 15) is 9.90 Å². The Kier molecular flexibility index (Phi) is 2.99. The number of carbonyl (C=O) groups excluding carboxylic acids is 1. The third-order valence-corrected chi connectivity index (χ3v) is 2.78. The van der Waals surface area contributed by atoms with Crippen LogP contribution in [0.25, 0.3) is 0 Å². The first-order valence-electron chi connectivity index (χ1n) is 3.65. The van der Waals surface area contributed by atoms with Crippen LogP contribution in [0, 0.1) is 0 Å². The summed E-state index contributed by atoms with van der Waals surface area (Å²) >= 11 is 1.41. The lowest BCUT2D eigenvalue weighted by atomic mass is 10.4. The molecule has 0 bridgehead atoms. The number of hydrogen-bond acceptors (Lipinski definition) is 4. The maximum Gasteiger partial charge on any atom is 1.00 e.